The van der Waals surface area contributed by atoms with Crippen LogP contribution in [0.15, 0.2) is 40.8 Å². The molecule has 1 aliphatic rings. The highest BCUT2D eigenvalue weighted by Crippen LogP contribution is 2.44. The maximum Gasteiger partial charge on any atom is 0.293 e. The number of nitrogens with two attached hydrogens (primary N) is 1. The van der Waals surface area contributed by atoms with Crippen LogP contribution in [-0.4, -0.2) is 16.9 Å². The van der Waals surface area contributed by atoms with Gasteiger partial charge in [0.1, 0.15) is 10.8 Å². The van der Waals surface area contributed by atoms with Crippen molar-refractivity contribution in [1.29, 1.82) is 0 Å². The van der Waals surface area contributed by atoms with E-state index in [9.17, 15) is 9.59 Å². The quantitative estimate of drug-likeness (QED) is 0.368. The van der Waals surface area contributed by atoms with Crippen molar-refractivity contribution >= 4 is 57.1 Å². The Bertz CT molecular complexity index is 1270. The summed E-state index contributed by atoms with van der Waals surface area (Å²) < 4.78 is 5.68. The molecule has 178 valence electrons. The first-order valence-electron chi connectivity index (χ1n) is 11.0. The van der Waals surface area contributed by atoms with Crippen LogP contribution in [0.5, 0.6) is 0 Å². The number of halogens is 1. The van der Waals surface area contributed by atoms with Gasteiger partial charge in [0.05, 0.1) is 5.56 Å². The monoisotopic (exact) mass is 515 g/mol. The molecule has 4 N–H and O–H groups in total. The van der Waals surface area contributed by atoms with Crippen molar-refractivity contribution in [2.75, 3.05) is 5.32 Å². The molecule has 1 aromatic carbocycles. The first-order chi connectivity index (χ1) is 16.0. The van der Waals surface area contributed by atoms with Gasteiger partial charge >= 0.3 is 0 Å². The van der Waals surface area contributed by atoms with Gasteiger partial charge in [-0.05, 0) is 72.6 Å². The third kappa shape index (κ3) is 5.19. The minimum atomic E-state index is -0.500. The molecule has 2 heterocycles. The van der Waals surface area contributed by atoms with E-state index >= 15 is 0 Å². The molecule has 3 aromatic rings. The number of rotatable bonds is 4. The van der Waals surface area contributed by atoms with Gasteiger partial charge in [-0.2, -0.15) is 0 Å². The Hall–Kier alpha value is -2.68. The van der Waals surface area contributed by atoms with Gasteiger partial charge in [0.25, 0.3) is 11.8 Å². The van der Waals surface area contributed by atoms with Crippen molar-refractivity contribution < 1.29 is 14.0 Å². The van der Waals surface area contributed by atoms with E-state index in [0.717, 1.165) is 35.3 Å². The van der Waals surface area contributed by atoms with Gasteiger partial charge in [-0.1, -0.05) is 44.5 Å². The number of thiophene rings is 1. The molecule has 34 heavy (non-hydrogen) atoms. The topological polar surface area (TPSA) is 97.4 Å². The molecule has 0 radical (unpaired) electrons. The smallest absolute Gasteiger partial charge is 0.293 e. The first-order valence-corrected chi connectivity index (χ1v) is 12.6. The molecule has 0 unspecified atom stereocenters. The lowest BCUT2D eigenvalue weighted by Crippen LogP contribution is -2.34. The summed E-state index contributed by atoms with van der Waals surface area (Å²) in [5.41, 5.74) is 8.11. The molecule has 0 aliphatic heterocycles. The second-order valence-corrected chi connectivity index (χ2v) is 11.4. The molecule has 1 atom stereocenters. The highest BCUT2D eigenvalue weighted by Gasteiger charge is 2.33. The molecule has 9 heteroatoms. The third-order valence-electron chi connectivity index (χ3n) is 6.13. The van der Waals surface area contributed by atoms with Crippen LogP contribution in [0, 0.1) is 11.3 Å². The Kier molecular flexibility index (Phi) is 6.85. The summed E-state index contributed by atoms with van der Waals surface area (Å²) in [6, 6.07) is 10.4. The van der Waals surface area contributed by atoms with Gasteiger partial charge in [0.15, 0.2) is 10.9 Å². The predicted molar refractivity (Wildman–Crippen MR) is 141 cm³/mol. The van der Waals surface area contributed by atoms with Crippen molar-refractivity contribution in [3.63, 3.8) is 0 Å². The summed E-state index contributed by atoms with van der Waals surface area (Å²) >= 11 is 12.9. The number of amides is 2. The van der Waals surface area contributed by atoms with Gasteiger partial charge in [0.2, 0.25) is 0 Å². The average molecular weight is 516 g/mol. The summed E-state index contributed by atoms with van der Waals surface area (Å²) in [4.78, 5) is 26.1. The van der Waals surface area contributed by atoms with Crippen LogP contribution in [0.25, 0.3) is 11.3 Å². The van der Waals surface area contributed by atoms with Crippen LogP contribution in [0.4, 0.5) is 5.00 Å². The molecule has 0 saturated carbocycles. The summed E-state index contributed by atoms with van der Waals surface area (Å²) in [6.45, 7) is 6.71. The maximum atomic E-state index is 12.7. The Morgan fingerprint density at radius 2 is 2.00 bits per heavy atom. The number of hydrogen-bond donors (Lipinski definition) is 3. The fourth-order valence-electron chi connectivity index (χ4n) is 4.23. The zero-order valence-corrected chi connectivity index (χ0v) is 21.5. The Labute approximate surface area is 212 Å². The largest absolute Gasteiger partial charge is 0.451 e. The van der Waals surface area contributed by atoms with E-state index < -0.39 is 11.8 Å². The second-order valence-electron chi connectivity index (χ2n) is 9.46. The minimum Gasteiger partial charge on any atom is -0.451 e. The number of primary amides is 1. The minimum absolute atomic E-state index is 0.0687. The van der Waals surface area contributed by atoms with Crippen LogP contribution in [-0.2, 0) is 12.8 Å². The number of anilines is 1. The molecule has 0 spiro atoms. The lowest BCUT2D eigenvalue weighted by molar-refractivity contribution is 0.0950. The molecular formula is C25H26ClN3O3S2. The fraction of sp³-hybridized carbons (Fsp3) is 0.320. The molecule has 0 bridgehead atoms. The number of thiocarbonyl (C=S) groups is 1. The molecule has 0 fully saturated rings. The van der Waals surface area contributed by atoms with E-state index in [-0.39, 0.29) is 16.3 Å². The molecular weight excluding hydrogens is 490 g/mol. The van der Waals surface area contributed by atoms with E-state index in [2.05, 4.69) is 31.4 Å². The summed E-state index contributed by atoms with van der Waals surface area (Å²) in [5, 5.41) is 6.83. The van der Waals surface area contributed by atoms with E-state index in [1.54, 1.807) is 30.3 Å². The lowest BCUT2D eigenvalue weighted by atomic mass is 9.72. The van der Waals surface area contributed by atoms with Crippen LogP contribution < -0.4 is 16.4 Å². The number of hydrogen-bond acceptors (Lipinski definition) is 5. The average Bonchev–Trinajstić information content (AvgIpc) is 3.37. The molecule has 0 saturated heterocycles. The van der Waals surface area contributed by atoms with Crippen molar-refractivity contribution in [3.8, 4) is 11.3 Å². The van der Waals surface area contributed by atoms with Crippen LogP contribution in [0.1, 0.15) is 58.5 Å². The Morgan fingerprint density at radius 3 is 2.68 bits per heavy atom. The molecule has 1 aliphatic carbocycles. The zero-order chi connectivity index (χ0) is 24.6. The number of carbonyl (C=O) groups is 2. The molecule has 2 aromatic heterocycles. The standard InChI is InChI=1S/C25H26ClN3O3S2/c1-25(2,3)14-7-8-16-19(12-14)34-23(20(16)21(27)30)29-24(33)28-22(31)18-10-9-17(32-18)13-5-4-6-15(26)11-13/h4-6,9-11,14H,7-8,12H2,1-3H3,(H2,27,30)(H2,28,29,31,33)/t14-/m0/s1. The fourth-order valence-corrected chi connectivity index (χ4v) is 6.02. The zero-order valence-electron chi connectivity index (χ0n) is 19.2. The Balaban J connectivity index is 1.48. The van der Waals surface area contributed by atoms with Crippen LogP contribution in [0.2, 0.25) is 5.02 Å². The number of furan rings is 1. The number of fused-ring (bicyclic) bond motifs is 1. The maximum absolute atomic E-state index is 12.7. The second kappa shape index (κ2) is 9.52. The molecule has 4 rings (SSSR count). The first kappa shape index (κ1) is 24.4. The van der Waals surface area contributed by atoms with Gasteiger partial charge in [0, 0.05) is 15.5 Å². The van der Waals surface area contributed by atoms with Gasteiger partial charge in [-0.3, -0.25) is 14.9 Å². The highest BCUT2D eigenvalue weighted by atomic mass is 35.5. The molecule has 6 nitrogen and oxygen atoms in total. The number of nitrogens with one attached hydrogen (secondary N) is 2. The van der Waals surface area contributed by atoms with Crippen molar-refractivity contribution in [1.82, 2.24) is 5.32 Å². The molecule has 2 amide bonds. The summed E-state index contributed by atoms with van der Waals surface area (Å²) in [5.74, 6) is 0.141. The van der Waals surface area contributed by atoms with Gasteiger partial charge in [-0.25, -0.2) is 0 Å². The summed E-state index contributed by atoms with van der Waals surface area (Å²) in [7, 11) is 0. The van der Waals surface area contributed by atoms with Crippen LogP contribution in [0.3, 0.4) is 0 Å². The van der Waals surface area contributed by atoms with E-state index in [1.807, 2.05) is 6.07 Å². The number of benzene rings is 1. The summed E-state index contributed by atoms with van der Waals surface area (Å²) in [6.07, 6.45) is 2.69. The van der Waals surface area contributed by atoms with Gasteiger partial charge in [-0.15, -0.1) is 11.3 Å². The normalized spacial score (nSPS) is 15.5. The van der Waals surface area contributed by atoms with E-state index in [4.69, 9.17) is 34.0 Å². The predicted octanol–water partition coefficient (Wildman–Crippen LogP) is 6.04. The highest BCUT2D eigenvalue weighted by molar-refractivity contribution is 7.80. The number of carbonyl (C=O) groups excluding carboxylic acids is 2. The lowest BCUT2D eigenvalue weighted by Gasteiger charge is -2.33. The van der Waals surface area contributed by atoms with E-state index in [1.165, 1.54) is 11.3 Å². The van der Waals surface area contributed by atoms with Crippen LogP contribution >= 0.6 is 35.2 Å². The van der Waals surface area contributed by atoms with Crippen molar-refractivity contribution in [2.24, 2.45) is 17.1 Å². The van der Waals surface area contributed by atoms with Crippen molar-refractivity contribution in [3.05, 3.63) is 63.2 Å². The third-order valence-corrected chi connectivity index (χ3v) is 7.74. The Morgan fingerprint density at radius 1 is 1.24 bits per heavy atom. The van der Waals surface area contributed by atoms with Gasteiger partial charge < -0.3 is 15.5 Å². The SMILES string of the molecule is CC(C)(C)[C@H]1CCc2c(sc(NC(=S)NC(=O)c3ccc(-c4cccc(Cl)c4)o3)c2C(N)=O)C1. The van der Waals surface area contributed by atoms with Crippen molar-refractivity contribution in [2.45, 2.75) is 40.0 Å². The van der Waals surface area contributed by atoms with E-state index in [0.29, 0.717) is 27.3 Å².